The lowest BCUT2D eigenvalue weighted by molar-refractivity contribution is -0.127. The zero-order chi connectivity index (χ0) is 18.1. The van der Waals surface area contributed by atoms with Gasteiger partial charge in [-0.15, -0.1) is 11.3 Å². The number of amides is 1. The van der Waals surface area contributed by atoms with Crippen molar-refractivity contribution in [2.24, 2.45) is 0 Å². The predicted molar refractivity (Wildman–Crippen MR) is 106 cm³/mol. The zero-order valence-corrected chi connectivity index (χ0v) is 16.0. The molecule has 1 saturated carbocycles. The second-order valence-corrected chi connectivity index (χ2v) is 8.50. The van der Waals surface area contributed by atoms with Crippen LogP contribution in [0.5, 0.6) is 0 Å². The number of fused-ring (bicyclic) bond motifs is 1. The van der Waals surface area contributed by atoms with E-state index in [2.05, 4.69) is 35.5 Å². The summed E-state index contributed by atoms with van der Waals surface area (Å²) >= 11 is 1.66. The molecule has 1 aromatic heterocycles. The number of aliphatic hydroxyl groups excluding tert-OH is 1. The number of carbonyl (C=O) groups excluding carboxylic acids is 1. The molecule has 2 aliphatic rings. The lowest BCUT2D eigenvalue weighted by Gasteiger charge is -2.27. The van der Waals surface area contributed by atoms with E-state index in [0.717, 1.165) is 49.1 Å². The fraction of sp³-hybridized carbons (Fsp3) is 0.476. The van der Waals surface area contributed by atoms with Crippen LogP contribution in [-0.2, 0) is 16.6 Å². The van der Waals surface area contributed by atoms with E-state index in [1.807, 2.05) is 17.5 Å². The highest BCUT2D eigenvalue weighted by atomic mass is 32.1. The number of nitrogens with zero attached hydrogens (tertiary/aromatic N) is 1. The highest BCUT2D eigenvalue weighted by molar-refractivity contribution is 7.10. The largest absolute Gasteiger partial charge is 0.387 e. The molecule has 2 heterocycles. The van der Waals surface area contributed by atoms with Crippen molar-refractivity contribution in [1.82, 2.24) is 5.32 Å². The minimum Gasteiger partial charge on any atom is -0.387 e. The first-order valence-electron chi connectivity index (χ1n) is 9.44. The van der Waals surface area contributed by atoms with Gasteiger partial charge < -0.3 is 15.3 Å². The fourth-order valence-corrected chi connectivity index (χ4v) is 5.37. The zero-order valence-electron chi connectivity index (χ0n) is 15.2. The third-order valence-electron chi connectivity index (χ3n) is 5.96. The Bertz CT molecular complexity index is 781. The number of hydrogen-bond donors (Lipinski definition) is 2. The van der Waals surface area contributed by atoms with E-state index in [9.17, 15) is 9.90 Å². The Morgan fingerprint density at radius 1 is 1.35 bits per heavy atom. The van der Waals surface area contributed by atoms with Gasteiger partial charge in [0, 0.05) is 30.7 Å². The number of likely N-dealkylation sites (N-methyl/N-ethyl adjacent to an activating group) is 1. The van der Waals surface area contributed by atoms with Crippen molar-refractivity contribution in [3.8, 4) is 0 Å². The van der Waals surface area contributed by atoms with Crippen LogP contribution in [0.4, 0.5) is 5.69 Å². The van der Waals surface area contributed by atoms with E-state index in [4.69, 9.17) is 0 Å². The molecule has 2 aromatic rings. The monoisotopic (exact) mass is 370 g/mol. The third kappa shape index (κ3) is 3.03. The van der Waals surface area contributed by atoms with E-state index in [1.54, 1.807) is 11.3 Å². The topological polar surface area (TPSA) is 52.6 Å². The Morgan fingerprint density at radius 2 is 2.15 bits per heavy atom. The summed E-state index contributed by atoms with van der Waals surface area (Å²) in [6, 6.07) is 10.2. The summed E-state index contributed by atoms with van der Waals surface area (Å²) in [7, 11) is 2.09. The molecule has 1 aliphatic carbocycles. The van der Waals surface area contributed by atoms with E-state index in [-0.39, 0.29) is 12.5 Å². The van der Waals surface area contributed by atoms with Crippen LogP contribution >= 0.6 is 11.3 Å². The molecule has 26 heavy (non-hydrogen) atoms. The maximum absolute atomic E-state index is 13.0. The first-order chi connectivity index (χ1) is 12.6. The van der Waals surface area contributed by atoms with E-state index in [1.165, 1.54) is 11.3 Å². The van der Waals surface area contributed by atoms with Crippen molar-refractivity contribution in [3.63, 3.8) is 0 Å². The summed E-state index contributed by atoms with van der Waals surface area (Å²) in [6.45, 7) is 1.29. The van der Waals surface area contributed by atoms with Crippen LogP contribution in [0.2, 0.25) is 0 Å². The molecule has 4 rings (SSSR count). The molecule has 4 nitrogen and oxygen atoms in total. The molecule has 0 bridgehead atoms. The summed E-state index contributed by atoms with van der Waals surface area (Å²) < 4.78 is 0. The van der Waals surface area contributed by atoms with E-state index < -0.39 is 11.5 Å². The number of carbonyl (C=O) groups is 1. The van der Waals surface area contributed by atoms with Crippen LogP contribution in [0, 0.1) is 0 Å². The normalized spacial score (nSPS) is 19.4. The Labute approximate surface area is 158 Å². The number of aliphatic hydroxyl groups is 1. The average molecular weight is 371 g/mol. The fourth-order valence-electron chi connectivity index (χ4n) is 4.39. The molecule has 1 aromatic carbocycles. The molecule has 1 atom stereocenters. The van der Waals surface area contributed by atoms with Gasteiger partial charge in [0.25, 0.3) is 0 Å². The SMILES string of the molecule is CN1CCc2cc([C@@H](O)CNC(=O)C3(c4cccs4)CCCC3)ccc21. The van der Waals surface area contributed by atoms with Crippen molar-refractivity contribution in [3.05, 3.63) is 51.7 Å². The standard InChI is InChI=1S/C21H26N2O2S/c1-23-11-8-15-13-16(6-7-17(15)23)18(24)14-22-20(25)21(9-2-3-10-21)19-5-4-12-26-19/h4-7,12-13,18,24H,2-3,8-11,14H2,1H3,(H,22,25)/t18-/m0/s1. The lowest BCUT2D eigenvalue weighted by Crippen LogP contribution is -2.43. The molecule has 1 amide bonds. The summed E-state index contributed by atoms with van der Waals surface area (Å²) in [6.07, 6.45) is 4.33. The summed E-state index contributed by atoms with van der Waals surface area (Å²) in [4.78, 5) is 16.4. The molecule has 0 radical (unpaired) electrons. The Kier molecular flexibility index (Phi) is 4.76. The van der Waals surface area contributed by atoms with Crippen LogP contribution in [0.25, 0.3) is 0 Å². The Balaban J connectivity index is 1.44. The van der Waals surface area contributed by atoms with Crippen LogP contribution in [0.15, 0.2) is 35.7 Å². The number of hydrogen-bond acceptors (Lipinski definition) is 4. The molecule has 5 heteroatoms. The number of thiophene rings is 1. The van der Waals surface area contributed by atoms with E-state index in [0.29, 0.717) is 0 Å². The highest BCUT2D eigenvalue weighted by Gasteiger charge is 2.43. The van der Waals surface area contributed by atoms with Gasteiger partial charge >= 0.3 is 0 Å². The maximum atomic E-state index is 13.0. The van der Waals surface area contributed by atoms with Crippen molar-refractivity contribution in [2.45, 2.75) is 43.6 Å². The molecule has 1 aliphatic heterocycles. The van der Waals surface area contributed by atoms with Crippen molar-refractivity contribution < 1.29 is 9.90 Å². The molecule has 0 spiro atoms. The number of benzene rings is 1. The average Bonchev–Trinajstić information content (AvgIpc) is 3.40. The van der Waals surface area contributed by atoms with Crippen LogP contribution < -0.4 is 10.2 Å². The third-order valence-corrected chi connectivity index (χ3v) is 7.03. The molecule has 2 N–H and O–H groups in total. The first kappa shape index (κ1) is 17.6. The predicted octanol–water partition coefficient (Wildman–Crippen LogP) is 3.40. The molecule has 1 fully saturated rings. The second kappa shape index (κ2) is 7.05. The minimum absolute atomic E-state index is 0.0670. The molecule has 138 valence electrons. The Hall–Kier alpha value is -1.85. The number of nitrogens with one attached hydrogen (secondary N) is 1. The van der Waals surface area contributed by atoms with Crippen molar-refractivity contribution in [1.29, 1.82) is 0 Å². The number of rotatable bonds is 5. The quantitative estimate of drug-likeness (QED) is 0.848. The molecule has 0 unspecified atom stereocenters. The highest BCUT2D eigenvalue weighted by Crippen LogP contribution is 2.43. The summed E-state index contributed by atoms with van der Waals surface area (Å²) in [5.41, 5.74) is 3.01. The van der Waals surface area contributed by atoms with Gasteiger partial charge in [-0.2, -0.15) is 0 Å². The van der Waals surface area contributed by atoms with Gasteiger partial charge in [0.05, 0.1) is 11.5 Å². The molecule has 0 saturated heterocycles. The van der Waals surface area contributed by atoms with Crippen molar-refractivity contribution in [2.75, 3.05) is 25.0 Å². The van der Waals surface area contributed by atoms with Gasteiger partial charge in [-0.3, -0.25) is 4.79 Å². The lowest BCUT2D eigenvalue weighted by atomic mass is 9.83. The smallest absolute Gasteiger partial charge is 0.231 e. The molecular weight excluding hydrogens is 344 g/mol. The second-order valence-electron chi connectivity index (χ2n) is 7.55. The van der Waals surface area contributed by atoms with Crippen LogP contribution in [0.3, 0.4) is 0 Å². The first-order valence-corrected chi connectivity index (χ1v) is 10.3. The van der Waals surface area contributed by atoms with Gasteiger partial charge in [0.2, 0.25) is 5.91 Å². The Morgan fingerprint density at radius 3 is 2.88 bits per heavy atom. The van der Waals surface area contributed by atoms with Crippen LogP contribution in [0.1, 0.15) is 47.8 Å². The van der Waals surface area contributed by atoms with Gasteiger partial charge in [0.15, 0.2) is 0 Å². The van der Waals surface area contributed by atoms with Gasteiger partial charge in [-0.05, 0) is 47.9 Å². The molecular formula is C21H26N2O2S. The summed E-state index contributed by atoms with van der Waals surface area (Å²) in [5, 5.41) is 15.7. The maximum Gasteiger partial charge on any atom is 0.231 e. The summed E-state index contributed by atoms with van der Waals surface area (Å²) in [5.74, 6) is 0.0670. The van der Waals surface area contributed by atoms with Crippen molar-refractivity contribution >= 4 is 22.9 Å². The van der Waals surface area contributed by atoms with Gasteiger partial charge in [-0.1, -0.05) is 31.0 Å². The number of anilines is 1. The van der Waals surface area contributed by atoms with Gasteiger partial charge in [0.1, 0.15) is 0 Å². The van der Waals surface area contributed by atoms with Crippen LogP contribution in [-0.4, -0.2) is 31.2 Å². The van der Waals surface area contributed by atoms with E-state index >= 15 is 0 Å². The minimum atomic E-state index is -0.669. The van der Waals surface area contributed by atoms with Gasteiger partial charge in [-0.25, -0.2) is 0 Å².